The average Bonchev–Trinajstić information content (AvgIpc) is 3.29. The van der Waals surface area contributed by atoms with Crippen LogP contribution in [-0.2, 0) is 0 Å². The molecule has 0 saturated carbocycles. The van der Waals surface area contributed by atoms with E-state index in [1.165, 1.54) is 59.6 Å². The quantitative estimate of drug-likeness (QED) is 0.548. The van der Waals surface area contributed by atoms with Gasteiger partial charge in [0.25, 0.3) is 0 Å². The van der Waals surface area contributed by atoms with Crippen molar-refractivity contribution in [1.82, 2.24) is 0 Å². The summed E-state index contributed by atoms with van der Waals surface area (Å²) in [6.45, 7) is 6.87. The Morgan fingerprint density at radius 3 is 2.81 bits per heavy atom. The molecule has 1 aliphatic heterocycles. The summed E-state index contributed by atoms with van der Waals surface area (Å²) < 4.78 is 1.30. The Balaban J connectivity index is 1.53. The number of fused-ring (bicyclic) bond motifs is 3. The number of allylic oxidation sites excluding steroid dienone is 2. The Morgan fingerprint density at radius 2 is 1.96 bits per heavy atom. The Morgan fingerprint density at radius 1 is 1.15 bits per heavy atom. The first-order valence-electron chi connectivity index (χ1n) is 9.73. The molecule has 5 rings (SSSR count). The van der Waals surface area contributed by atoms with Crippen molar-refractivity contribution in [2.75, 3.05) is 0 Å². The van der Waals surface area contributed by atoms with Crippen molar-refractivity contribution in [2.45, 2.75) is 49.7 Å². The molecular formula is C25H23BrS. The second kappa shape index (κ2) is 6.53. The lowest BCUT2D eigenvalue weighted by Gasteiger charge is -2.12. The minimum Gasteiger partial charge on any atom is -0.118 e. The maximum atomic E-state index is 3.94. The van der Waals surface area contributed by atoms with Gasteiger partial charge in [0, 0.05) is 25.8 Å². The fourth-order valence-electron chi connectivity index (χ4n) is 4.70. The van der Waals surface area contributed by atoms with Crippen LogP contribution in [0.1, 0.15) is 56.2 Å². The van der Waals surface area contributed by atoms with Gasteiger partial charge in [0.2, 0.25) is 0 Å². The van der Waals surface area contributed by atoms with Gasteiger partial charge in [-0.25, -0.2) is 0 Å². The standard InChI is InChI=1S/C25H23BrS/c1-14-12-22-21(13-23-24(25(22)26)15(2)16(3)27-23)19(14)11-10-18-9-8-17-6-4-5-7-20(17)18/h4-9,12-13,16,18H,10-11H2,1-3H3. The van der Waals surface area contributed by atoms with E-state index >= 15 is 0 Å². The molecule has 0 amide bonds. The molecule has 1 heterocycles. The highest BCUT2D eigenvalue weighted by molar-refractivity contribution is 9.10. The van der Waals surface area contributed by atoms with Crippen LogP contribution < -0.4 is 10.4 Å². The van der Waals surface area contributed by atoms with E-state index in [2.05, 4.69) is 85.3 Å². The SMILES string of the molecule is CC1=Cc2c(Br)c3c(cc2=C1CCC1C=Cc2ccccc21)SC(C)C=3C. The first kappa shape index (κ1) is 17.6. The van der Waals surface area contributed by atoms with Crippen molar-refractivity contribution in [3.63, 3.8) is 0 Å². The van der Waals surface area contributed by atoms with Gasteiger partial charge in [-0.15, -0.1) is 11.8 Å². The highest BCUT2D eigenvalue weighted by atomic mass is 79.9. The van der Waals surface area contributed by atoms with Gasteiger partial charge in [-0.2, -0.15) is 0 Å². The third kappa shape index (κ3) is 2.72. The molecular weight excluding hydrogens is 412 g/mol. The second-order valence-electron chi connectivity index (χ2n) is 7.91. The Labute approximate surface area is 173 Å². The van der Waals surface area contributed by atoms with Gasteiger partial charge in [-0.05, 0) is 94.7 Å². The van der Waals surface area contributed by atoms with Crippen LogP contribution in [0.4, 0.5) is 0 Å². The summed E-state index contributed by atoms with van der Waals surface area (Å²) in [5.74, 6) is 0.549. The van der Waals surface area contributed by atoms with E-state index in [1.54, 1.807) is 0 Å². The third-order valence-corrected chi connectivity index (χ3v) is 8.45. The van der Waals surface area contributed by atoms with E-state index < -0.39 is 0 Å². The Kier molecular flexibility index (Phi) is 4.25. The molecule has 0 spiro atoms. The molecule has 0 saturated heterocycles. The first-order valence-corrected chi connectivity index (χ1v) is 11.4. The third-order valence-electron chi connectivity index (χ3n) is 6.35. The average molecular weight is 435 g/mol. The molecule has 2 aromatic rings. The molecule has 0 N–H and O–H groups in total. The van der Waals surface area contributed by atoms with Crippen LogP contribution in [0.15, 0.2) is 51.3 Å². The minimum atomic E-state index is 0.549. The van der Waals surface area contributed by atoms with Crippen molar-refractivity contribution in [2.24, 2.45) is 0 Å². The molecule has 2 unspecified atom stereocenters. The monoisotopic (exact) mass is 434 g/mol. The molecule has 2 atom stereocenters. The summed E-state index contributed by atoms with van der Waals surface area (Å²) in [6, 6.07) is 11.3. The van der Waals surface area contributed by atoms with Gasteiger partial charge < -0.3 is 0 Å². The zero-order valence-corrected chi connectivity index (χ0v) is 18.4. The zero-order chi connectivity index (χ0) is 18.7. The normalized spacial score (nSPS) is 22.1. The molecule has 0 fully saturated rings. The molecule has 136 valence electrons. The van der Waals surface area contributed by atoms with Crippen molar-refractivity contribution in [3.05, 3.63) is 73.6 Å². The molecule has 3 aliphatic rings. The van der Waals surface area contributed by atoms with Gasteiger partial charge in [-0.1, -0.05) is 42.0 Å². The summed E-state index contributed by atoms with van der Waals surface area (Å²) in [4.78, 5) is 1.44. The van der Waals surface area contributed by atoms with Crippen molar-refractivity contribution < 1.29 is 0 Å². The lowest BCUT2D eigenvalue weighted by atomic mass is 9.92. The molecule has 0 bridgehead atoms. The fourth-order valence-corrected chi connectivity index (χ4v) is 6.93. The van der Waals surface area contributed by atoms with Crippen molar-refractivity contribution in [3.8, 4) is 0 Å². The van der Waals surface area contributed by atoms with Crippen LogP contribution in [-0.4, -0.2) is 5.25 Å². The lowest BCUT2D eigenvalue weighted by Crippen LogP contribution is -2.18. The maximum absolute atomic E-state index is 3.94. The van der Waals surface area contributed by atoms with E-state index in [0.717, 1.165) is 6.42 Å². The van der Waals surface area contributed by atoms with Gasteiger partial charge in [0.15, 0.2) is 0 Å². The predicted octanol–water partition coefficient (Wildman–Crippen LogP) is 6.27. The summed E-state index contributed by atoms with van der Waals surface area (Å²) >= 11 is 5.94. The van der Waals surface area contributed by atoms with E-state index in [9.17, 15) is 0 Å². The Bertz CT molecular complexity index is 1150. The molecule has 2 aromatic carbocycles. The number of rotatable bonds is 3. The van der Waals surface area contributed by atoms with Crippen LogP contribution in [0, 0.1) is 0 Å². The first-order chi connectivity index (χ1) is 13.0. The Hall–Kier alpha value is -1.51. The highest BCUT2D eigenvalue weighted by Crippen LogP contribution is 2.38. The molecule has 27 heavy (non-hydrogen) atoms. The van der Waals surface area contributed by atoms with E-state index in [4.69, 9.17) is 0 Å². The summed E-state index contributed by atoms with van der Waals surface area (Å²) in [5.41, 5.74) is 8.73. The van der Waals surface area contributed by atoms with Crippen LogP contribution in [0.2, 0.25) is 0 Å². The number of benzene rings is 2. The van der Waals surface area contributed by atoms with Crippen molar-refractivity contribution >= 4 is 51.0 Å². The van der Waals surface area contributed by atoms with Crippen LogP contribution in [0.5, 0.6) is 0 Å². The van der Waals surface area contributed by atoms with Crippen molar-refractivity contribution in [1.29, 1.82) is 0 Å². The predicted molar refractivity (Wildman–Crippen MR) is 122 cm³/mol. The smallest absolute Gasteiger partial charge is 0.0337 e. The summed E-state index contributed by atoms with van der Waals surface area (Å²) in [6.07, 6.45) is 9.36. The summed E-state index contributed by atoms with van der Waals surface area (Å²) in [7, 11) is 0. The zero-order valence-electron chi connectivity index (χ0n) is 16.0. The topological polar surface area (TPSA) is 0 Å². The molecule has 0 nitrogen and oxygen atoms in total. The molecule has 0 radical (unpaired) electrons. The minimum absolute atomic E-state index is 0.549. The van der Waals surface area contributed by atoms with Gasteiger partial charge in [0.05, 0.1) is 0 Å². The van der Waals surface area contributed by atoms with Crippen LogP contribution >= 0.6 is 27.7 Å². The van der Waals surface area contributed by atoms with E-state index in [0.29, 0.717) is 11.2 Å². The second-order valence-corrected chi connectivity index (χ2v) is 10.1. The molecule has 2 aliphatic carbocycles. The number of hydrogen-bond donors (Lipinski definition) is 0. The maximum Gasteiger partial charge on any atom is 0.0337 e. The fraction of sp³-hybridized carbons (Fsp3) is 0.280. The van der Waals surface area contributed by atoms with Gasteiger partial charge in [0.1, 0.15) is 0 Å². The molecule has 2 heteroatoms. The number of thioether (sulfide) groups is 1. The van der Waals surface area contributed by atoms with Gasteiger partial charge >= 0.3 is 0 Å². The number of halogens is 1. The van der Waals surface area contributed by atoms with Crippen LogP contribution in [0.3, 0.4) is 0 Å². The van der Waals surface area contributed by atoms with E-state index in [1.807, 2.05) is 11.8 Å². The van der Waals surface area contributed by atoms with E-state index in [-0.39, 0.29) is 0 Å². The lowest BCUT2D eigenvalue weighted by molar-refractivity contribution is 0.767. The number of hydrogen-bond acceptors (Lipinski definition) is 1. The van der Waals surface area contributed by atoms with Gasteiger partial charge in [-0.3, -0.25) is 0 Å². The molecule has 0 aromatic heterocycles. The summed E-state index contributed by atoms with van der Waals surface area (Å²) in [5, 5.41) is 3.46. The largest absolute Gasteiger partial charge is 0.118 e. The van der Waals surface area contributed by atoms with Crippen LogP contribution in [0.25, 0.3) is 23.3 Å². The highest BCUT2D eigenvalue weighted by Gasteiger charge is 2.24.